The standard InChI is InChI=1S/C14H20N5O12P3/c15-3-1-2-8-5-19(14-12(8)13(16)17-7-18-14)11-4-9(20)10(29-11)6-28-33(24,25)31-34(26,27)30-32(21,22)23/h5,7,11,13,20H,3-4,6,15-16H2,(H,17,18)(H,24,25)(H,26,27)(H2,21,22,23)/t11-,13?/m1/s1. The molecule has 1 aromatic rings. The van der Waals surface area contributed by atoms with Gasteiger partial charge in [0, 0.05) is 11.8 Å². The number of rotatable bonds is 8. The first-order valence-corrected chi connectivity index (χ1v) is 13.6. The Balaban J connectivity index is 1.72. The molecule has 3 heterocycles. The third-order valence-electron chi connectivity index (χ3n) is 4.18. The first-order chi connectivity index (χ1) is 15.7. The van der Waals surface area contributed by atoms with Crippen LogP contribution in [0.2, 0.25) is 0 Å². The maximum absolute atomic E-state index is 11.9. The second-order valence-corrected chi connectivity index (χ2v) is 11.0. The number of anilines is 1. The summed E-state index contributed by atoms with van der Waals surface area (Å²) in [5.74, 6) is 5.33. The predicted molar refractivity (Wildman–Crippen MR) is 114 cm³/mol. The van der Waals surface area contributed by atoms with Crippen LogP contribution >= 0.6 is 23.5 Å². The van der Waals surface area contributed by atoms with Crippen LogP contribution in [0, 0.1) is 11.8 Å². The number of aliphatic hydroxyl groups excluding tert-OH is 1. The summed E-state index contributed by atoms with van der Waals surface area (Å²) in [5.41, 5.74) is 12.5. The van der Waals surface area contributed by atoms with E-state index in [2.05, 4.69) is 35.3 Å². The normalized spacial score (nSPS) is 23.2. The second kappa shape index (κ2) is 9.92. The molecule has 0 aliphatic carbocycles. The summed E-state index contributed by atoms with van der Waals surface area (Å²) in [7, 11) is -16.6. The van der Waals surface area contributed by atoms with Crippen LogP contribution in [0.1, 0.15) is 29.9 Å². The topological polar surface area (TPSA) is 271 Å². The summed E-state index contributed by atoms with van der Waals surface area (Å²) < 4.78 is 52.8. The minimum atomic E-state index is -5.68. The largest absolute Gasteiger partial charge is 0.508 e. The summed E-state index contributed by atoms with van der Waals surface area (Å²) in [4.78, 5) is 39.9. The van der Waals surface area contributed by atoms with Crippen LogP contribution in [0.4, 0.5) is 5.82 Å². The number of phosphoric acid groups is 3. The van der Waals surface area contributed by atoms with Crippen LogP contribution in [0.15, 0.2) is 22.7 Å². The van der Waals surface area contributed by atoms with Crippen LogP contribution in [0.5, 0.6) is 0 Å². The number of ether oxygens (including phenoxy) is 1. The molecule has 3 unspecified atom stereocenters. The van der Waals surface area contributed by atoms with Crippen molar-refractivity contribution in [1.29, 1.82) is 0 Å². The lowest BCUT2D eigenvalue weighted by molar-refractivity contribution is 0.0623. The van der Waals surface area contributed by atoms with Crippen molar-refractivity contribution >= 4 is 35.6 Å². The summed E-state index contributed by atoms with van der Waals surface area (Å²) in [6.07, 6.45) is 1.22. The second-order valence-electron chi connectivity index (χ2n) is 6.60. The zero-order chi connectivity index (χ0) is 25.3. The van der Waals surface area contributed by atoms with Gasteiger partial charge in [-0.3, -0.25) is 14.1 Å². The van der Waals surface area contributed by atoms with Crippen molar-refractivity contribution in [1.82, 2.24) is 4.57 Å². The average molecular weight is 543 g/mol. The van der Waals surface area contributed by atoms with Crippen molar-refractivity contribution in [3.05, 3.63) is 28.8 Å². The fourth-order valence-corrected chi connectivity index (χ4v) is 5.96. The maximum atomic E-state index is 11.9. The Bertz CT molecular complexity index is 1230. The van der Waals surface area contributed by atoms with Crippen molar-refractivity contribution in [2.24, 2.45) is 16.5 Å². The van der Waals surface area contributed by atoms with Crippen LogP contribution in [-0.4, -0.2) is 48.7 Å². The van der Waals surface area contributed by atoms with Crippen LogP contribution in [-0.2, 0) is 31.6 Å². The van der Waals surface area contributed by atoms with E-state index in [9.17, 15) is 28.6 Å². The molecule has 0 fully saturated rings. The number of aliphatic imine (C=N–C) groups is 1. The molecule has 2 aliphatic rings. The first-order valence-electron chi connectivity index (χ1n) is 9.05. The van der Waals surface area contributed by atoms with Gasteiger partial charge in [-0.2, -0.15) is 8.62 Å². The van der Waals surface area contributed by atoms with Crippen molar-refractivity contribution in [3.63, 3.8) is 0 Å². The molecule has 188 valence electrons. The number of phosphoric ester groups is 1. The fourth-order valence-electron chi connectivity index (χ4n) is 2.99. The van der Waals surface area contributed by atoms with Gasteiger partial charge in [0.15, 0.2) is 12.0 Å². The molecule has 0 saturated carbocycles. The number of nitrogens with zero attached hydrogens (tertiary/aromatic N) is 2. The lowest BCUT2D eigenvalue weighted by Crippen LogP contribution is -2.20. The van der Waals surface area contributed by atoms with Crippen molar-refractivity contribution < 1.29 is 56.3 Å². The Kier molecular flexibility index (Phi) is 7.76. The zero-order valence-corrected chi connectivity index (χ0v) is 19.6. The Morgan fingerprint density at radius 2 is 1.94 bits per heavy atom. The van der Waals surface area contributed by atoms with E-state index in [4.69, 9.17) is 26.0 Å². The monoisotopic (exact) mass is 543 g/mol. The molecule has 10 N–H and O–H groups in total. The van der Waals surface area contributed by atoms with Crippen LogP contribution in [0.3, 0.4) is 0 Å². The Labute approximate surface area is 191 Å². The minimum absolute atomic E-state index is 0.0961. The summed E-state index contributed by atoms with van der Waals surface area (Å²) in [5, 5.41) is 13.1. The molecule has 0 amide bonds. The smallest absolute Gasteiger partial charge is 0.490 e. The summed E-state index contributed by atoms with van der Waals surface area (Å²) in [6, 6.07) is 0. The number of hydrogen-bond donors (Lipinski definition) is 8. The minimum Gasteiger partial charge on any atom is -0.508 e. The van der Waals surface area contributed by atoms with Gasteiger partial charge in [-0.05, 0) is 0 Å². The molecule has 0 spiro atoms. The predicted octanol–water partition coefficient (Wildman–Crippen LogP) is 0.241. The number of nitrogens with one attached hydrogen (secondary N) is 1. The van der Waals surface area contributed by atoms with Crippen molar-refractivity contribution in [2.75, 3.05) is 18.5 Å². The molecule has 20 heteroatoms. The van der Waals surface area contributed by atoms with E-state index >= 15 is 0 Å². The molecule has 4 atom stereocenters. The van der Waals surface area contributed by atoms with Gasteiger partial charge in [-0.1, -0.05) is 11.8 Å². The van der Waals surface area contributed by atoms with Gasteiger partial charge in [0.2, 0.25) is 0 Å². The molecule has 1 aromatic heterocycles. The molecule has 3 rings (SSSR count). The third kappa shape index (κ3) is 6.55. The molecule has 17 nitrogen and oxygen atoms in total. The number of fused-ring (bicyclic) bond motifs is 1. The van der Waals surface area contributed by atoms with E-state index in [1.807, 2.05) is 0 Å². The maximum Gasteiger partial charge on any atom is 0.490 e. The van der Waals surface area contributed by atoms with Crippen LogP contribution < -0.4 is 16.8 Å². The SMILES string of the molecule is NCC#Cc1cn([C@H]2CC(O)=C(COP(=O)(O)OP(=O)(O)OP(=O)(O)O)O2)c2c1C(N)N=CN2. The number of nitrogens with two attached hydrogens (primary N) is 2. The molecule has 0 radical (unpaired) electrons. The average Bonchev–Trinajstić information content (AvgIpc) is 3.23. The zero-order valence-electron chi connectivity index (χ0n) is 16.9. The highest BCUT2D eigenvalue weighted by atomic mass is 31.3. The highest BCUT2D eigenvalue weighted by Crippen LogP contribution is 2.66. The van der Waals surface area contributed by atoms with Gasteiger partial charge in [0.05, 0.1) is 24.9 Å². The van der Waals surface area contributed by atoms with Crippen LogP contribution in [0.25, 0.3) is 0 Å². The Morgan fingerprint density at radius 3 is 2.59 bits per heavy atom. The van der Waals surface area contributed by atoms with E-state index in [-0.39, 0.29) is 24.5 Å². The molecule has 0 saturated heterocycles. The summed E-state index contributed by atoms with van der Waals surface area (Å²) >= 11 is 0. The first kappa shape index (κ1) is 26.6. The fraction of sp³-hybridized carbons (Fsp3) is 0.357. The molecule has 0 bridgehead atoms. The summed E-state index contributed by atoms with van der Waals surface area (Å²) in [6.45, 7) is -0.817. The Hall–Kier alpha value is -2.02. The number of aliphatic hydroxyl groups is 1. The number of hydrogen-bond acceptors (Lipinski definition) is 12. The van der Waals surface area contributed by atoms with E-state index in [0.717, 1.165) is 0 Å². The molecule has 34 heavy (non-hydrogen) atoms. The van der Waals surface area contributed by atoms with Gasteiger partial charge in [0.25, 0.3) is 0 Å². The van der Waals surface area contributed by atoms with Crippen molar-refractivity contribution in [2.45, 2.75) is 18.8 Å². The van der Waals surface area contributed by atoms with Gasteiger partial charge >= 0.3 is 23.5 Å². The third-order valence-corrected chi connectivity index (χ3v) is 7.96. The molecule has 0 aromatic carbocycles. The van der Waals surface area contributed by atoms with E-state index < -0.39 is 42.5 Å². The van der Waals surface area contributed by atoms with E-state index in [1.165, 1.54) is 6.34 Å². The van der Waals surface area contributed by atoms with Gasteiger partial charge in [0.1, 0.15) is 24.3 Å². The highest BCUT2D eigenvalue weighted by Gasteiger charge is 2.41. The van der Waals surface area contributed by atoms with Gasteiger partial charge < -0.3 is 46.2 Å². The molecular weight excluding hydrogens is 523 g/mol. The van der Waals surface area contributed by atoms with Gasteiger partial charge in [-0.15, -0.1) is 0 Å². The van der Waals surface area contributed by atoms with E-state index in [1.54, 1.807) is 10.8 Å². The lowest BCUT2D eigenvalue weighted by Gasteiger charge is -2.21. The Morgan fingerprint density at radius 1 is 1.24 bits per heavy atom. The highest BCUT2D eigenvalue weighted by molar-refractivity contribution is 7.66. The molecule has 2 aliphatic heterocycles. The lowest BCUT2D eigenvalue weighted by atomic mass is 10.1. The van der Waals surface area contributed by atoms with Gasteiger partial charge in [-0.25, -0.2) is 13.7 Å². The number of aromatic nitrogens is 1. The van der Waals surface area contributed by atoms with Crippen molar-refractivity contribution in [3.8, 4) is 11.8 Å². The quantitative estimate of drug-likeness (QED) is 0.161. The van der Waals surface area contributed by atoms with E-state index in [0.29, 0.717) is 16.9 Å². The molecular formula is C14H20N5O12P3.